The molecule has 1 aromatic rings. The molecule has 0 unspecified atom stereocenters. The number of hydrogen-bond acceptors (Lipinski definition) is 2. The fraction of sp³-hybridized carbons (Fsp3) is 0.364. The number of nitriles is 1. The first-order valence-corrected chi connectivity index (χ1v) is 4.58. The van der Waals surface area contributed by atoms with E-state index in [4.69, 9.17) is 10.4 Å². The Morgan fingerprint density at radius 1 is 1.43 bits per heavy atom. The zero-order valence-electron chi connectivity index (χ0n) is 7.63. The number of phenolic OH excluding ortho intramolecular Hbond substituents is 1. The molecule has 0 aliphatic heterocycles. The maximum atomic E-state index is 13.4. The predicted octanol–water partition coefficient (Wildman–Crippen LogP) is 2.48. The summed E-state index contributed by atoms with van der Waals surface area (Å²) in [5.74, 6) is -0.579. The molecule has 2 rings (SSSR count). The van der Waals surface area contributed by atoms with Gasteiger partial charge in [0.2, 0.25) is 0 Å². The van der Waals surface area contributed by atoms with Gasteiger partial charge in [-0.25, -0.2) is 4.39 Å². The van der Waals surface area contributed by atoms with Crippen molar-refractivity contribution in [1.29, 1.82) is 5.26 Å². The van der Waals surface area contributed by atoms with Crippen LogP contribution < -0.4 is 0 Å². The molecule has 14 heavy (non-hydrogen) atoms. The van der Waals surface area contributed by atoms with Gasteiger partial charge in [0.05, 0.1) is 11.5 Å². The van der Waals surface area contributed by atoms with Crippen LogP contribution in [0.25, 0.3) is 0 Å². The van der Waals surface area contributed by atoms with Crippen LogP contribution in [0.15, 0.2) is 18.2 Å². The second-order valence-corrected chi connectivity index (χ2v) is 3.71. The molecule has 1 aromatic carbocycles. The van der Waals surface area contributed by atoms with Gasteiger partial charge in [0, 0.05) is 11.6 Å². The van der Waals surface area contributed by atoms with Crippen LogP contribution in [-0.4, -0.2) is 5.11 Å². The van der Waals surface area contributed by atoms with Gasteiger partial charge in [0.1, 0.15) is 11.6 Å². The highest BCUT2D eigenvalue weighted by Crippen LogP contribution is 2.44. The minimum Gasteiger partial charge on any atom is -0.508 e. The number of rotatable bonds is 1. The molecule has 0 radical (unpaired) electrons. The third kappa shape index (κ3) is 1.15. The van der Waals surface area contributed by atoms with E-state index < -0.39 is 11.2 Å². The number of hydrogen-bond donors (Lipinski definition) is 1. The Balaban J connectivity index is 2.46. The Morgan fingerprint density at radius 3 is 2.57 bits per heavy atom. The molecule has 0 amide bonds. The molecule has 72 valence electrons. The van der Waals surface area contributed by atoms with Gasteiger partial charge in [-0.2, -0.15) is 5.26 Å². The fourth-order valence-electron chi connectivity index (χ4n) is 1.86. The molecule has 0 spiro atoms. The van der Waals surface area contributed by atoms with Crippen molar-refractivity contribution in [1.82, 2.24) is 0 Å². The van der Waals surface area contributed by atoms with E-state index in [1.807, 2.05) is 0 Å². The lowest BCUT2D eigenvalue weighted by atomic mass is 9.65. The number of nitrogens with zero attached hydrogens (tertiary/aromatic N) is 1. The van der Waals surface area contributed by atoms with Crippen LogP contribution in [0.1, 0.15) is 24.8 Å². The largest absolute Gasteiger partial charge is 0.508 e. The highest BCUT2D eigenvalue weighted by atomic mass is 19.1. The minimum atomic E-state index is -0.641. The molecule has 0 bridgehead atoms. The first-order chi connectivity index (χ1) is 6.68. The van der Waals surface area contributed by atoms with Crippen molar-refractivity contribution in [3.8, 4) is 11.8 Å². The van der Waals surface area contributed by atoms with Gasteiger partial charge in [-0.05, 0) is 25.3 Å². The topological polar surface area (TPSA) is 44.0 Å². The van der Waals surface area contributed by atoms with Crippen molar-refractivity contribution in [2.45, 2.75) is 24.7 Å². The second kappa shape index (κ2) is 2.98. The zero-order chi connectivity index (χ0) is 10.2. The molecule has 0 heterocycles. The molecule has 1 aliphatic carbocycles. The average molecular weight is 191 g/mol. The first-order valence-electron chi connectivity index (χ1n) is 4.58. The molecular formula is C11H10FNO. The zero-order valence-corrected chi connectivity index (χ0v) is 7.63. The Bertz CT molecular complexity index is 404. The van der Waals surface area contributed by atoms with E-state index in [0.29, 0.717) is 18.4 Å². The quantitative estimate of drug-likeness (QED) is 0.741. The van der Waals surface area contributed by atoms with Crippen molar-refractivity contribution < 1.29 is 9.50 Å². The molecule has 2 nitrogen and oxygen atoms in total. The van der Waals surface area contributed by atoms with E-state index in [0.717, 1.165) is 12.5 Å². The Morgan fingerprint density at radius 2 is 2.14 bits per heavy atom. The maximum absolute atomic E-state index is 13.4. The predicted molar refractivity (Wildman–Crippen MR) is 49.2 cm³/mol. The summed E-state index contributed by atoms with van der Waals surface area (Å²) in [6.45, 7) is 0. The third-order valence-corrected chi connectivity index (χ3v) is 2.89. The minimum absolute atomic E-state index is 0.0985. The van der Waals surface area contributed by atoms with Gasteiger partial charge in [-0.3, -0.25) is 0 Å². The second-order valence-electron chi connectivity index (χ2n) is 3.71. The van der Waals surface area contributed by atoms with Gasteiger partial charge in [0.25, 0.3) is 0 Å². The summed E-state index contributed by atoms with van der Waals surface area (Å²) in [5, 5.41) is 18.0. The number of aromatic hydroxyl groups is 1. The van der Waals surface area contributed by atoms with Crippen molar-refractivity contribution in [2.75, 3.05) is 0 Å². The van der Waals surface area contributed by atoms with E-state index in [2.05, 4.69) is 6.07 Å². The lowest BCUT2D eigenvalue weighted by Crippen LogP contribution is -2.33. The average Bonchev–Trinajstić information content (AvgIpc) is 2.07. The Labute approximate surface area is 81.6 Å². The molecule has 0 aromatic heterocycles. The number of halogens is 1. The Kier molecular flexibility index (Phi) is 1.92. The smallest absolute Gasteiger partial charge is 0.131 e. The normalized spacial score (nSPS) is 18.3. The molecule has 1 fully saturated rings. The van der Waals surface area contributed by atoms with Gasteiger partial charge in [-0.1, -0.05) is 6.07 Å². The summed E-state index contributed by atoms with van der Waals surface area (Å²) >= 11 is 0. The molecule has 0 saturated heterocycles. The lowest BCUT2D eigenvalue weighted by molar-refractivity contribution is 0.312. The van der Waals surface area contributed by atoms with Crippen LogP contribution in [0.2, 0.25) is 0 Å². The third-order valence-electron chi connectivity index (χ3n) is 2.89. The van der Waals surface area contributed by atoms with Crippen LogP contribution in [0.5, 0.6) is 5.75 Å². The van der Waals surface area contributed by atoms with E-state index in [1.54, 1.807) is 0 Å². The Hall–Kier alpha value is -1.56. The first kappa shape index (κ1) is 9.01. The fourth-order valence-corrected chi connectivity index (χ4v) is 1.86. The highest BCUT2D eigenvalue weighted by Gasteiger charge is 2.40. The van der Waals surface area contributed by atoms with Crippen LogP contribution in [0, 0.1) is 17.1 Å². The monoisotopic (exact) mass is 191 g/mol. The SMILES string of the molecule is N#CC1(c2ccc(O)cc2F)CCC1. The van der Waals surface area contributed by atoms with Gasteiger partial charge >= 0.3 is 0 Å². The summed E-state index contributed by atoms with van der Waals surface area (Å²) < 4.78 is 13.4. The molecule has 0 atom stereocenters. The summed E-state index contributed by atoms with van der Waals surface area (Å²) in [6, 6.07) is 6.17. The summed E-state index contributed by atoms with van der Waals surface area (Å²) in [7, 11) is 0. The number of benzene rings is 1. The van der Waals surface area contributed by atoms with Gasteiger partial charge < -0.3 is 5.11 Å². The van der Waals surface area contributed by atoms with Crippen molar-refractivity contribution >= 4 is 0 Å². The molecule has 3 heteroatoms. The number of phenols is 1. The van der Waals surface area contributed by atoms with Crippen LogP contribution in [-0.2, 0) is 5.41 Å². The van der Waals surface area contributed by atoms with Crippen LogP contribution in [0.3, 0.4) is 0 Å². The van der Waals surface area contributed by atoms with E-state index in [-0.39, 0.29) is 5.75 Å². The highest BCUT2D eigenvalue weighted by molar-refractivity contribution is 5.39. The summed E-state index contributed by atoms with van der Waals surface area (Å²) in [6.07, 6.45) is 2.39. The molecule has 1 N–H and O–H groups in total. The molecule has 1 saturated carbocycles. The van der Waals surface area contributed by atoms with Gasteiger partial charge in [-0.15, -0.1) is 0 Å². The van der Waals surface area contributed by atoms with Crippen LogP contribution >= 0.6 is 0 Å². The van der Waals surface area contributed by atoms with E-state index in [1.165, 1.54) is 12.1 Å². The summed E-state index contributed by atoms with van der Waals surface area (Å²) in [5.41, 5.74) is -0.221. The standard InChI is InChI=1S/C11H10FNO/c12-10-6-8(14)2-3-9(10)11(7-13)4-1-5-11/h2-3,6,14H,1,4-5H2. The van der Waals surface area contributed by atoms with Gasteiger partial charge in [0.15, 0.2) is 0 Å². The summed E-state index contributed by atoms with van der Waals surface area (Å²) in [4.78, 5) is 0. The van der Waals surface area contributed by atoms with Crippen molar-refractivity contribution in [3.05, 3.63) is 29.6 Å². The molecular weight excluding hydrogens is 181 g/mol. The molecule has 1 aliphatic rings. The lowest BCUT2D eigenvalue weighted by Gasteiger charge is -2.35. The van der Waals surface area contributed by atoms with Crippen molar-refractivity contribution in [3.63, 3.8) is 0 Å². The van der Waals surface area contributed by atoms with E-state index >= 15 is 0 Å². The van der Waals surface area contributed by atoms with Crippen molar-refractivity contribution in [2.24, 2.45) is 0 Å². The van der Waals surface area contributed by atoms with Crippen LogP contribution in [0.4, 0.5) is 4.39 Å². The maximum Gasteiger partial charge on any atom is 0.131 e. The van der Waals surface area contributed by atoms with E-state index in [9.17, 15) is 4.39 Å².